The minimum absolute atomic E-state index is 0.259. The number of aliphatic carboxylic acids is 1. The van der Waals surface area contributed by atoms with E-state index in [-0.39, 0.29) is 12.3 Å². The molecule has 5 nitrogen and oxygen atoms in total. The lowest BCUT2D eigenvalue weighted by Gasteiger charge is -2.17. The van der Waals surface area contributed by atoms with Gasteiger partial charge in [-0.2, -0.15) is 0 Å². The topological polar surface area (TPSA) is 69.6 Å². The minimum Gasteiger partial charge on any atom is -0.480 e. The molecule has 26 heavy (non-hydrogen) atoms. The fourth-order valence-electron chi connectivity index (χ4n) is 3.30. The molecular weight excluding hydrogens is 328 g/mol. The summed E-state index contributed by atoms with van der Waals surface area (Å²) in [4.78, 5) is 26.5. The Morgan fingerprint density at radius 2 is 1.69 bits per heavy atom. The molecule has 0 radical (unpaired) electrons. The van der Waals surface area contributed by atoms with Gasteiger partial charge in [0.2, 0.25) is 0 Å². The van der Waals surface area contributed by atoms with E-state index in [1.54, 1.807) is 6.07 Å². The minimum atomic E-state index is -1.03. The average Bonchev–Trinajstić information content (AvgIpc) is 3.15. The molecule has 5 heteroatoms. The third-order valence-corrected chi connectivity index (χ3v) is 4.68. The summed E-state index contributed by atoms with van der Waals surface area (Å²) in [6.07, 6.45) is 2.70. The number of hydrogen-bond donors (Lipinski definition) is 2. The first kappa shape index (κ1) is 18.1. The first-order valence-corrected chi connectivity index (χ1v) is 9.01. The molecule has 1 aliphatic heterocycles. The second-order valence-electron chi connectivity index (χ2n) is 6.74. The zero-order chi connectivity index (χ0) is 18.4. The first-order chi connectivity index (χ1) is 12.6. The van der Waals surface area contributed by atoms with Crippen molar-refractivity contribution < 1.29 is 14.7 Å². The summed E-state index contributed by atoms with van der Waals surface area (Å²) in [5, 5.41) is 12.1. The quantitative estimate of drug-likeness (QED) is 0.804. The van der Waals surface area contributed by atoms with Gasteiger partial charge in [0, 0.05) is 18.5 Å². The second-order valence-corrected chi connectivity index (χ2v) is 6.74. The highest BCUT2D eigenvalue weighted by atomic mass is 16.4. The predicted molar refractivity (Wildman–Crippen MR) is 100.0 cm³/mol. The van der Waals surface area contributed by atoms with Crippen molar-refractivity contribution in [1.29, 1.82) is 0 Å². The molecule has 1 heterocycles. The molecule has 2 aromatic rings. The standard InChI is InChI=1S/C21H24N2O3/c24-20(22-19(21(25)26)14-16-7-2-1-3-8-16)18-10-6-9-17(13-18)15-23-11-4-5-12-23/h1-3,6-10,13,19H,4-5,11-12,14-15H2,(H,22,24)(H,25,26)/t19-/m1/s1. The van der Waals surface area contributed by atoms with E-state index in [0.29, 0.717) is 5.56 Å². The number of rotatable bonds is 7. The first-order valence-electron chi connectivity index (χ1n) is 9.01. The maximum atomic E-state index is 12.6. The average molecular weight is 352 g/mol. The van der Waals surface area contributed by atoms with Gasteiger partial charge < -0.3 is 10.4 Å². The Labute approximate surface area is 153 Å². The number of nitrogens with one attached hydrogen (secondary N) is 1. The number of benzene rings is 2. The number of carbonyl (C=O) groups is 2. The lowest BCUT2D eigenvalue weighted by atomic mass is 10.0. The molecule has 0 saturated carbocycles. The van der Waals surface area contributed by atoms with Gasteiger partial charge in [0.1, 0.15) is 6.04 Å². The molecule has 3 rings (SSSR count). The summed E-state index contributed by atoms with van der Waals surface area (Å²) < 4.78 is 0. The van der Waals surface area contributed by atoms with Crippen LogP contribution in [-0.4, -0.2) is 41.0 Å². The highest BCUT2D eigenvalue weighted by molar-refractivity contribution is 5.96. The smallest absolute Gasteiger partial charge is 0.326 e. The fourth-order valence-corrected chi connectivity index (χ4v) is 3.30. The lowest BCUT2D eigenvalue weighted by Crippen LogP contribution is -2.42. The van der Waals surface area contributed by atoms with Crippen LogP contribution in [0.4, 0.5) is 0 Å². The van der Waals surface area contributed by atoms with Crippen LogP contribution in [0.3, 0.4) is 0 Å². The Hall–Kier alpha value is -2.66. The molecule has 1 atom stereocenters. The Morgan fingerprint density at radius 1 is 1.00 bits per heavy atom. The third-order valence-electron chi connectivity index (χ3n) is 4.68. The van der Waals surface area contributed by atoms with E-state index in [0.717, 1.165) is 30.8 Å². The maximum absolute atomic E-state index is 12.6. The van der Waals surface area contributed by atoms with Gasteiger partial charge in [-0.3, -0.25) is 9.69 Å². The molecule has 2 N–H and O–H groups in total. The van der Waals surface area contributed by atoms with Crippen molar-refractivity contribution >= 4 is 11.9 Å². The molecule has 0 aliphatic carbocycles. The molecule has 0 aromatic heterocycles. The highest BCUT2D eigenvalue weighted by Gasteiger charge is 2.21. The molecule has 136 valence electrons. The van der Waals surface area contributed by atoms with Crippen LogP contribution in [0, 0.1) is 0 Å². The summed E-state index contributed by atoms with van der Waals surface area (Å²) in [5.74, 6) is -1.38. The summed E-state index contributed by atoms with van der Waals surface area (Å²) in [5.41, 5.74) is 2.46. The number of amides is 1. The van der Waals surface area contributed by atoms with Crippen molar-refractivity contribution in [3.63, 3.8) is 0 Å². The van der Waals surface area contributed by atoms with Crippen molar-refractivity contribution in [1.82, 2.24) is 10.2 Å². The van der Waals surface area contributed by atoms with E-state index in [2.05, 4.69) is 10.2 Å². The van der Waals surface area contributed by atoms with E-state index in [1.165, 1.54) is 12.8 Å². The molecular formula is C21H24N2O3. The Bertz CT molecular complexity index is 755. The molecule has 1 aliphatic rings. The molecule has 1 fully saturated rings. The third kappa shape index (κ3) is 4.92. The van der Waals surface area contributed by atoms with E-state index in [9.17, 15) is 14.7 Å². The SMILES string of the molecule is O=C(N[C@H](Cc1ccccc1)C(=O)O)c1cccc(CN2CCCC2)c1. The van der Waals surface area contributed by atoms with Gasteiger partial charge in [-0.05, 0) is 49.2 Å². The Balaban J connectivity index is 1.66. The normalized spacial score (nSPS) is 15.5. The zero-order valence-electron chi connectivity index (χ0n) is 14.7. The molecule has 2 aromatic carbocycles. The number of likely N-dealkylation sites (tertiary alicyclic amines) is 1. The van der Waals surface area contributed by atoms with Gasteiger partial charge in [0.15, 0.2) is 0 Å². The van der Waals surface area contributed by atoms with Gasteiger partial charge in [0.25, 0.3) is 5.91 Å². The van der Waals surface area contributed by atoms with Crippen molar-refractivity contribution in [2.45, 2.75) is 31.8 Å². The highest BCUT2D eigenvalue weighted by Crippen LogP contribution is 2.14. The van der Waals surface area contributed by atoms with E-state index < -0.39 is 12.0 Å². The van der Waals surface area contributed by atoms with Gasteiger partial charge in [-0.1, -0.05) is 42.5 Å². The monoisotopic (exact) mass is 352 g/mol. The van der Waals surface area contributed by atoms with Gasteiger partial charge in [-0.25, -0.2) is 4.79 Å². The van der Waals surface area contributed by atoms with Crippen LogP contribution in [0.1, 0.15) is 34.3 Å². The molecule has 0 spiro atoms. The van der Waals surface area contributed by atoms with Crippen LogP contribution in [0.2, 0.25) is 0 Å². The largest absolute Gasteiger partial charge is 0.480 e. The molecule has 0 unspecified atom stereocenters. The van der Waals surface area contributed by atoms with Crippen molar-refractivity contribution in [2.24, 2.45) is 0 Å². The van der Waals surface area contributed by atoms with E-state index in [1.807, 2.05) is 48.5 Å². The van der Waals surface area contributed by atoms with Crippen LogP contribution >= 0.6 is 0 Å². The molecule has 1 amide bonds. The summed E-state index contributed by atoms with van der Waals surface area (Å²) >= 11 is 0. The van der Waals surface area contributed by atoms with Crippen molar-refractivity contribution in [2.75, 3.05) is 13.1 Å². The maximum Gasteiger partial charge on any atom is 0.326 e. The van der Waals surface area contributed by atoms with Crippen LogP contribution in [0.5, 0.6) is 0 Å². The number of carbonyl (C=O) groups excluding carboxylic acids is 1. The van der Waals surface area contributed by atoms with Gasteiger partial charge >= 0.3 is 5.97 Å². The summed E-state index contributed by atoms with van der Waals surface area (Å²) in [7, 11) is 0. The Kier molecular flexibility index (Phi) is 6.02. The number of carboxylic acids is 1. The number of hydrogen-bond acceptors (Lipinski definition) is 3. The second kappa shape index (κ2) is 8.63. The predicted octanol–water partition coefficient (Wildman–Crippen LogP) is 2.71. The lowest BCUT2D eigenvalue weighted by molar-refractivity contribution is -0.139. The molecule has 1 saturated heterocycles. The van der Waals surface area contributed by atoms with Crippen LogP contribution < -0.4 is 5.32 Å². The summed E-state index contributed by atoms with van der Waals surface area (Å²) in [6, 6.07) is 15.8. The van der Waals surface area contributed by atoms with Crippen LogP contribution in [0.25, 0.3) is 0 Å². The number of nitrogens with zero attached hydrogens (tertiary/aromatic N) is 1. The Morgan fingerprint density at radius 3 is 2.38 bits per heavy atom. The van der Waals surface area contributed by atoms with Crippen molar-refractivity contribution in [3.8, 4) is 0 Å². The zero-order valence-corrected chi connectivity index (χ0v) is 14.7. The number of carboxylic acid groups (broad SMARTS) is 1. The van der Waals surface area contributed by atoms with Gasteiger partial charge in [-0.15, -0.1) is 0 Å². The molecule has 0 bridgehead atoms. The van der Waals surface area contributed by atoms with E-state index in [4.69, 9.17) is 0 Å². The van der Waals surface area contributed by atoms with Crippen molar-refractivity contribution in [3.05, 3.63) is 71.3 Å². The summed E-state index contributed by atoms with van der Waals surface area (Å²) in [6.45, 7) is 3.01. The van der Waals surface area contributed by atoms with Crippen LogP contribution in [0.15, 0.2) is 54.6 Å². The van der Waals surface area contributed by atoms with Crippen LogP contribution in [-0.2, 0) is 17.8 Å². The van der Waals surface area contributed by atoms with Gasteiger partial charge in [0.05, 0.1) is 0 Å². The van der Waals surface area contributed by atoms with E-state index >= 15 is 0 Å². The fraction of sp³-hybridized carbons (Fsp3) is 0.333.